The summed E-state index contributed by atoms with van der Waals surface area (Å²) in [6.45, 7) is 2.63. The number of hydrogen-bond donors (Lipinski definition) is 2. The zero-order valence-corrected chi connectivity index (χ0v) is 14.0. The molecular weight excluding hydrogens is 290 g/mol. The van der Waals surface area contributed by atoms with E-state index in [-0.39, 0.29) is 10.4 Å². The molecule has 2 rings (SSSR count). The lowest BCUT2D eigenvalue weighted by atomic mass is 9.76. The topological polar surface area (TPSA) is 74.6 Å². The first-order chi connectivity index (χ1) is 9.81. The lowest BCUT2D eigenvalue weighted by Crippen LogP contribution is -2.57. The zero-order chi connectivity index (χ0) is 15.7. The fourth-order valence-corrected chi connectivity index (χ4v) is 4.05. The second-order valence-corrected chi connectivity index (χ2v) is 7.70. The van der Waals surface area contributed by atoms with Crippen LogP contribution in [0.3, 0.4) is 0 Å². The predicted molar refractivity (Wildman–Crippen MR) is 81.7 cm³/mol. The molecule has 1 aliphatic rings. The summed E-state index contributed by atoms with van der Waals surface area (Å²) >= 11 is 0. The maximum Gasteiger partial charge on any atom is 0.244 e. The molecule has 0 aromatic carbocycles. The van der Waals surface area contributed by atoms with E-state index >= 15 is 0 Å². The predicted octanol–water partition coefficient (Wildman–Crippen LogP) is 1.07. The maximum absolute atomic E-state index is 12.5. The first-order valence-corrected chi connectivity index (χ1v) is 8.70. The molecule has 1 saturated carbocycles. The van der Waals surface area contributed by atoms with Crippen LogP contribution in [0.2, 0.25) is 0 Å². The van der Waals surface area contributed by atoms with E-state index in [1.54, 1.807) is 20.0 Å². The molecule has 120 valence electrons. The second kappa shape index (κ2) is 6.08. The van der Waals surface area contributed by atoms with Crippen LogP contribution >= 0.6 is 0 Å². The molecule has 0 bridgehead atoms. The first-order valence-electron chi connectivity index (χ1n) is 7.22. The lowest BCUT2D eigenvalue weighted by molar-refractivity contribution is 0.0656. The van der Waals surface area contributed by atoms with Crippen molar-refractivity contribution in [3.63, 3.8) is 0 Å². The molecule has 1 aliphatic carbocycles. The molecule has 1 heterocycles. The number of nitrogens with zero attached hydrogens (tertiary/aromatic N) is 1. The van der Waals surface area contributed by atoms with Gasteiger partial charge in [0.15, 0.2) is 0 Å². The minimum Gasteiger partial charge on any atom is -0.464 e. The number of hydrogen-bond acceptors (Lipinski definition) is 5. The molecule has 2 N–H and O–H groups in total. The maximum atomic E-state index is 12.5. The Hall–Kier alpha value is -0.890. The number of furan rings is 1. The minimum absolute atomic E-state index is 0.0431. The van der Waals surface area contributed by atoms with Crippen LogP contribution in [0.25, 0.3) is 0 Å². The number of rotatable bonds is 7. The van der Waals surface area contributed by atoms with Gasteiger partial charge in [0.05, 0.1) is 6.54 Å². The lowest BCUT2D eigenvalue weighted by Gasteiger charge is -2.47. The molecule has 0 radical (unpaired) electrons. The smallest absolute Gasteiger partial charge is 0.244 e. The summed E-state index contributed by atoms with van der Waals surface area (Å²) < 4.78 is 33.2. The van der Waals surface area contributed by atoms with Gasteiger partial charge in [-0.25, -0.2) is 13.1 Å². The van der Waals surface area contributed by atoms with Crippen molar-refractivity contribution in [2.75, 3.05) is 27.7 Å². The second-order valence-electron chi connectivity index (χ2n) is 5.96. The Balaban J connectivity index is 2.11. The molecule has 0 aliphatic heterocycles. The van der Waals surface area contributed by atoms with Gasteiger partial charge in [0.2, 0.25) is 10.0 Å². The molecule has 21 heavy (non-hydrogen) atoms. The number of sulfonamides is 1. The van der Waals surface area contributed by atoms with E-state index in [4.69, 9.17) is 4.42 Å². The Morgan fingerprint density at radius 2 is 2.05 bits per heavy atom. The molecular formula is C14H25N3O3S. The van der Waals surface area contributed by atoms with Crippen LogP contribution in [-0.2, 0) is 16.6 Å². The van der Waals surface area contributed by atoms with Crippen LogP contribution in [0.4, 0.5) is 0 Å². The third kappa shape index (κ3) is 3.31. The van der Waals surface area contributed by atoms with E-state index < -0.39 is 10.0 Å². The fraction of sp³-hybridized carbons (Fsp3) is 0.714. The van der Waals surface area contributed by atoms with Gasteiger partial charge < -0.3 is 14.6 Å². The number of nitrogens with one attached hydrogen (secondary N) is 2. The van der Waals surface area contributed by atoms with Crippen molar-refractivity contribution < 1.29 is 12.8 Å². The summed E-state index contributed by atoms with van der Waals surface area (Å²) in [4.78, 5) is 2.36. The average Bonchev–Trinajstić information content (AvgIpc) is 2.69. The number of likely N-dealkylation sites (N-methyl/N-ethyl adjacent to an activating group) is 1. The van der Waals surface area contributed by atoms with Gasteiger partial charge in [0.25, 0.3) is 0 Å². The molecule has 1 aromatic heterocycles. The third-order valence-electron chi connectivity index (χ3n) is 4.39. The van der Waals surface area contributed by atoms with E-state index in [1.165, 1.54) is 0 Å². The van der Waals surface area contributed by atoms with Crippen LogP contribution in [0.5, 0.6) is 0 Å². The van der Waals surface area contributed by atoms with Crippen molar-refractivity contribution in [3.05, 3.63) is 17.6 Å². The summed E-state index contributed by atoms with van der Waals surface area (Å²) in [5.74, 6) is 1.06. The first kappa shape index (κ1) is 16.5. The highest BCUT2D eigenvalue weighted by Crippen LogP contribution is 2.35. The van der Waals surface area contributed by atoms with Gasteiger partial charge in [-0.2, -0.15) is 0 Å². The Kier molecular flexibility index (Phi) is 4.77. The zero-order valence-electron chi connectivity index (χ0n) is 13.2. The Labute approximate surface area is 126 Å². The van der Waals surface area contributed by atoms with Gasteiger partial charge in [0.1, 0.15) is 16.4 Å². The fourth-order valence-electron chi connectivity index (χ4n) is 2.73. The van der Waals surface area contributed by atoms with Gasteiger partial charge in [-0.05, 0) is 47.3 Å². The third-order valence-corrected chi connectivity index (χ3v) is 5.90. The Morgan fingerprint density at radius 1 is 1.38 bits per heavy atom. The highest BCUT2D eigenvalue weighted by molar-refractivity contribution is 7.89. The summed E-state index contributed by atoms with van der Waals surface area (Å²) in [6.07, 6.45) is 3.20. The molecule has 6 nitrogen and oxygen atoms in total. The van der Waals surface area contributed by atoms with Gasteiger partial charge in [-0.1, -0.05) is 0 Å². The molecule has 0 amide bonds. The van der Waals surface area contributed by atoms with Crippen molar-refractivity contribution >= 4 is 10.0 Å². The largest absolute Gasteiger partial charge is 0.464 e. The van der Waals surface area contributed by atoms with E-state index in [0.29, 0.717) is 24.6 Å². The van der Waals surface area contributed by atoms with E-state index in [9.17, 15) is 8.42 Å². The van der Waals surface area contributed by atoms with Crippen molar-refractivity contribution in [2.45, 2.75) is 43.2 Å². The highest BCUT2D eigenvalue weighted by Gasteiger charge is 2.40. The van der Waals surface area contributed by atoms with Gasteiger partial charge in [0, 0.05) is 18.2 Å². The van der Waals surface area contributed by atoms with Crippen molar-refractivity contribution in [2.24, 2.45) is 0 Å². The van der Waals surface area contributed by atoms with Crippen LogP contribution in [0.15, 0.2) is 15.4 Å². The van der Waals surface area contributed by atoms with Crippen molar-refractivity contribution in [3.8, 4) is 0 Å². The van der Waals surface area contributed by atoms with E-state index in [0.717, 1.165) is 19.3 Å². The molecule has 0 atom stereocenters. The van der Waals surface area contributed by atoms with Gasteiger partial charge in [-0.15, -0.1) is 0 Å². The SMILES string of the molecule is CNCc1cc(S(=O)(=O)NCC2(N(C)C)CCC2)c(C)o1. The van der Waals surface area contributed by atoms with Crippen LogP contribution < -0.4 is 10.0 Å². The summed E-state index contributed by atoms with van der Waals surface area (Å²) in [5, 5.41) is 2.95. The molecule has 7 heteroatoms. The number of aryl methyl sites for hydroxylation is 1. The molecule has 0 saturated heterocycles. The van der Waals surface area contributed by atoms with Crippen LogP contribution in [-0.4, -0.2) is 46.5 Å². The van der Waals surface area contributed by atoms with Gasteiger partial charge >= 0.3 is 0 Å². The quantitative estimate of drug-likeness (QED) is 0.787. The normalized spacial score (nSPS) is 18.0. The Morgan fingerprint density at radius 3 is 2.52 bits per heavy atom. The standard InChI is InChI=1S/C14H25N3O3S/c1-11-13(8-12(20-11)9-15-2)21(18,19)16-10-14(17(3)4)6-5-7-14/h8,15-16H,5-7,9-10H2,1-4H3. The molecule has 1 fully saturated rings. The van der Waals surface area contributed by atoms with Crippen LogP contribution in [0.1, 0.15) is 30.8 Å². The average molecular weight is 315 g/mol. The molecule has 0 unspecified atom stereocenters. The summed E-state index contributed by atoms with van der Waals surface area (Å²) in [5.41, 5.74) is -0.0431. The van der Waals surface area contributed by atoms with E-state index in [2.05, 4.69) is 14.9 Å². The summed E-state index contributed by atoms with van der Waals surface area (Å²) in [7, 11) is 2.27. The summed E-state index contributed by atoms with van der Waals surface area (Å²) in [6, 6.07) is 1.59. The van der Waals surface area contributed by atoms with Crippen molar-refractivity contribution in [1.29, 1.82) is 0 Å². The monoisotopic (exact) mass is 315 g/mol. The Bertz CT molecular complexity index is 589. The van der Waals surface area contributed by atoms with Gasteiger partial charge in [-0.3, -0.25) is 0 Å². The van der Waals surface area contributed by atoms with E-state index in [1.807, 2.05) is 14.1 Å². The van der Waals surface area contributed by atoms with Crippen molar-refractivity contribution in [1.82, 2.24) is 14.9 Å². The molecule has 1 aromatic rings. The molecule has 0 spiro atoms. The van der Waals surface area contributed by atoms with Crippen LogP contribution in [0, 0.1) is 6.92 Å². The highest BCUT2D eigenvalue weighted by atomic mass is 32.2. The minimum atomic E-state index is -3.53.